The predicted octanol–water partition coefficient (Wildman–Crippen LogP) is 3.25. The normalized spacial score (nSPS) is 20.6. The highest BCUT2D eigenvalue weighted by Crippen LogP contribution is 2.22. The van der Waals surface area contributed by atoms with Crippen LogP contribution < -0.4 is 26.4 Å². The second-order valence-corrected chi connectivity index (χ2v) is 13.1. The van der Waals surface area contributed by atoms with Gasteiger partial charge in [0.05, 0.1) is 18.1 Å². The molecule has 0 radical (unpaired) electrons. The van der Waals surface area contributed by atoms with Crippen molar-refractivity contribution in [3.63, 3.8) is 0 Å². The van der Waals surface area contributed by atoms with Gasteiger partial charge in [0.1, 0.15) is 30.8 Å². The fourth-order valence-electron chi connectivity index (χ4n) is 5.35. The molecule has 0 spiro atoms. The molecule has 2 aliphatic rings. The van der Waals surface area contributed by atoms with Gasteiger partial charge in [-0.3, -0.25) is 14.4 Å². The molecule has 278 valence electrons. The smallest absolute Gasteiger partial charge is 0.490 e. The minimum absolute atomic E-state index is 0.0718. The first-order chi connectivity index (χ1) is 23.9. The zero-order valence-corrected chi connectivity index (χ0v) is 29.2. The van der Waals surface area contributed by atoms with Gasteiger partial charge in [0.15, 0.2) is 5.82 Å². The monoisotopic (exact) mass is 717 g/mol. The number of hydrogen-bond donors (Lipinski definition) is 5. The van der Waals surface area contributed by atoms with Crippen LogP contribution in [0.25, 0.3) is 0 Å². The summed E-state index contributed by atoms with van der Waals surface area (Å²) in [6.45, 7) is 10.1. The number of aromatic nitrogens is 3. The lowest BCUT2D eigenvalue weighted by atomic mass is 10.00. The Morgan fingerprint density at radius 1 is 1.00 bits per heavy atom. The summed E-state index contributed by atoms with van der Waals surface area (Å²) in [5, 5.41) is 20.7. The van der Waals surface area contributed by atoms with Gasteiger partial charge >= 0.3 is 12.1 Å². The molecular weight excluding hydrogens is 671 g/mol. The fraction of sp³-hybridized carbons (Fsp3) is 0.486. The summed E-state index contributed by atoms with van der Waals surface area (Å²) >= 11 is 0. The van der Waals surface area contributed by atoms with Gasteiger partial charge in [-0.2, -0.15) is 18.3 Å². The number of benzene rings is 2. The van der Waals surface area contributed by atoms with Crippen LogP contribution in [0.15, 0.2) is 54.6 Å². The van der Waals surface area contributed by atoms with Gasteiger partial charge in [0, 0.05) is 6.42 Å². The van der Waals surface area contributed by atoms with Gasteiger partial charge in [-0.25, -0.2) is 14.5 Å². The largest absolute Gasteiger partial charge is 0.491 e. The van der Waals surface area contributed by atoms with E-state index in [9.17, 15) is 27.6 Å². The fourth-order valence-corrected chi connectivity index (χ4v) is 5.35. The van der Waals surface area contributed by atoms with Crippen molar-refractivity contribution in [2.45, 2.75) is 90.8 Å². The highest BCUT2D eigenvalue weighted by Gasteiger charge is 2.38. The topological polar surface area (TPSA) is 191 Å². The van der Waals surface area contributed by atoms with Gasteiger partial charge in [0.2, 0.25) is 17.7 Å². The second kappa shape index (κ2) is 18.3. The van der Waals surface area contributed by atoms with Gasteiger partial charge in [0.25, 0.3) is 0 Å². The van der Waals surface area contributed by atoms with Crippen molar-refractivity contribution in [2.24, 2.45) is 17.6 Å². The summed E-state index contributed by atoms with van der Waals surface area (Å²) in [5.41, 5.74) is 8.09. The second-order valence-electron chi connectivity index (χ2n) is 13.1. The number of carboxylic acid groups (broad SMARTS) is 1. The van der Waals surface area contributed by atoms with Crippen LogP contribution >= 0.6 is 0 Å². The molecule has 0 saturated carbocycles. The number of alkyl halides is 3. The van der Waals surface area contributed by atoms with Crippen molar-refractivity contribution >= 4 is 23.7 Å². The zero-order valence-electron chi connectivity index (χ0n) is 29.2. The minimum atomic E-state index is -5.08. The number of ether oxygens (including phenoxy) is 1. The van der Waals surface area contributed by atoms with Crippen LogP contribution in [0.2, 0.25) is 0 Å². The van der Waals surface area contributed by atoms with Crippen LogP contribution in [0, 0.1) is 18.8 Å². The van der Waals surface area contributed by atoms with Crippen LogP contribution in [0.5, 0.6) is 5.75 Å². The molecular formula is C35H46F3N7O6. The first-order valence-corrected chi connectivity index (χ1v) is 16.6. The average molecular weight is 718 g/mol. The molecule has 6 N–H and O–H groups in total. The third-order valence-corrected chi connectivity index (χ3v) is 7.79. The van der Waals surface area contributed by atoms with Crippen LogP contribution in [-0.4, -0.2) is 74.5 Å². The third-order valence-electron chi connectivity index (χ3n) is 7.79. The highest BCUT2D eigenvalue weighted by molar-refractivity contribution is 5.90. The van der Waals surface area contributed by atoms with Gasteiger partial charge < -0.3 is 31.5 Å². The Hall–Kier alpha value is -4.99. The molecule has 2 bridgehead atoms. The van der Waals surface area contributed by atoms with E-state index in [1.807, 2.05) is 68.4 Å². The number of carboxylic acids is 1. The van der Waals surface area contributed by atoms with E-state index >= 15 is 0 Å². The van der Waals surface area contributed by atoms with Crippen LogP contribution in [0.4, 0.5) is 13.2 Å². The first kappa shape index (κ1) is 40.4. The molecule has 0 aliphatic carbocycles. The lowest BCUT2D eigenvalue weighted by Crippen LogP contribution is -2.54. The third kappa shape index (κ3) is 13.0. The molecule has 2 aliphatic heterocycles. The number of carbonyl (C=O) groups is 4. The Balaban J connectivity index is 0.000000908. The molecule has 4 atom stereocenters. The van der Waals surface area contributed by atoms with Gasteiger partial charge in [-0.15, -0.1) is 0 Å². The molecule has 3 heterocycles. The molecule has 16 heteroatoms. The van der Waals surface area contributed by atoms with Crippen molar-refractivity contribution in [3.05, 3.63) is 77.4 Å². The predicted molar refractivity (Wildman–Crippen MR) is 181 cm³/mol. The maximum absolute atomic E-state index is 13.9. The van der Waals surface area contributed by atoms with E-state index in [4.69, 9.17) is 20.4 Å². The van der Waals surface area contributed by atoms with Crippen molar-refractivity contribution in [2.75, 3.05) is 6.61 Å². The van der Waals surface area contributed by atoms with E-state index in [0.29, 0.717) is 29.9 Å². The number of rotatable bonds is 5. The molecule has 0 unspecified atom stereocenters. The quantitative estimate of drug-likeness (QED) is 0.264. The van der Waals surface area contributed by atoms with Crippen molar-refractivity contribution in [1.82, 2.24) is 30.7 Å². The SMILES string of the molecule is Cc1nc2n(n1)CC(=O)N[C@@H](CC(C)C)COc1ccc(cc1)C[C@@H](N)C(=O)N[C@@H](Cc1ccccc1)C(=O)N[C@H]2C(C)C.O=C(O)C(F)(F)F. The standard InChI is InChI=1S/C33H45N7O4.C2HF3O2/c1-20(2)15-25-19-44-26-13-11-24(12-14-26)16-27(34)32(42)37-28(17-23-9-7-6-8-10-23)33(43)38-30(21(3)4)31-35-22(5)39-40(31)18-29(41)36-25;3-2(4,5)1(6)7/h6-14,20-21,25,27-28,30H,15-19,34H2,1-5H3,(H,36,41)(H,37,42)(H,38,43);(H,6,7)/t25-,27+,28-,30-;/m0./s1. The van der Waals surface area contributed by atoms with E-state index in [1.165, 1.54) is 0 Å². The van der Waals surface area contributed by atoms with E-state index in [0.717, 1.165) is 17.5 Å². The van der Waals surface area contributed by atoms with Gasteiger partial charge in [-0.1, -0.05) is 70.2 Å². The maximum Gasteiger partial charge on any atom is 0.490 e. The lowest BCUT2D eigenvalue weighted by Gasteiger charge is -2.27. The summed E-state index contributed by atoms with van der Waals surface area (Å²) in [7, 11) is 0. The molecule has 2 aromatic carbocycles. The summed E-state index contributed by atoms with van der Waals surface area (Å²) in [5.74, 6) is -1.95. The van der Waals surface area contributed by atoms with E-state index in [2.05, 4.69) is 39.9 Å². The number of carbonyl (C=O) groups excluding carboxylic acids is 3. The maximum atomic E-state index is 13.9. The molecule has 1 aromatic heterocycles. The number of nitrogens with zero attached hydrogens (tertiary/aromatic N) is 3. The van der Waals surface area contributed by atoms with E-state index < -0.39 is 36.2 Å². The molecule has 0 fully saturated rings. The molecule has 13 nitrogen and oxygen atoms in total. The number of nitrogens with two attached hydrogens (primary N) is 1. The zero-order chi connectivity index (χ0) is 37.9. The minimum Gasteiger partial charge on any atom is -0.491 e. The Kier molecular flexibility index (Phi) is 14.5. The molecule has 3 amide bonds. The van der Waals surface area contributed by atoms with Crippen molar-refractivity contribution in [3.8, 4) is 5.75 Å². The highest BCUT2D eigenvalue weighted by atomic mass is 19.4. The number of nitrogens with one attached hydrogen (secondary N) is 3. The number of fused-ring (bicyclic) bond motifs is 14. The van der Waals surface area contributed by atoms with Crippen LogP contribution in [-0.2, 0) is 38.6 Å². The molecule has 0 saturated heterocycles. The first-order valence-electron chi connectivity index (χ1n) is 16.6. The number of aryl methyl sites for hydroxylation is 1. The lowest BCUT2D eigenvalue weighted by molar-refractivity contribution is -0.192. The molecule has 3 aromatic rings. The van der Waals surface area contributed by atoms with Crippen LogP contribution in [0.3, 0.4) is 0 Å². The number of amides is 3. The molecule has 5 rings (SSSR count). The van der Waals surface area contributed by atoms with Gasteiger partial charge in [-0.05, 0) is 54.9 Å². The Bertz CT molecular complexity index is 1610. The average Bonchev–Trinajstić information content (AvgIpc) is 3.40. The Morgan fingerprint density at radius 2 is 1.63 bits per heavy atom. The summed E-state index contributed by atoms with van der Waals surface area (Å²) in [6, 6.07) is 14.3. The number of aliphatic carboxylic acids is 1. The number of halogens is 3. The Morgan fingerprint density at radius 3 is 2.20 bits per heavy atom. The Labute approximate surface area is 294 Å². The van der Waals surface area contributed by atoms with Crippen LogP contribution in [0.1, 0.15) is 62.9 Å². The molecule has 51 heavy (non-hydrogen) atoms. The van der Waals surface area contributed by atoms with E-state index in [1.54, 1.807) is 11.6 Å². The van der Waals surface area contributed by atoms with E-state index in [-0.39, 0.29) is 43.2 Å². The summed E-state index contributed by atoms with van der Waals surface area (Å²) < 4.78 is 39.3. The summed E-state index contributed by atoms with van der Waals surface area (Å²) in [6.07, 6.45) is -3.80. The van der Waals surface area contributed by atoms with Crippen molar-refractivity contribution < 1.29 is 42.2 Å². The summed E-state index contributed by atoms with van der Waals surface area (Å²) in [4.78, 5) is 54.0. The number of hydrogen-bond acceptors (Lipinski definition) is 8. The van der Waals surface area contributed by atoms with Crippen molar-refractivity contribution in [1.29, 1.82) is 0 Å².